The van der Waals surface area contributed by atoms with Crippen LogP contribution in [0.4, 0.5) is 23.5 Å². The van der Waals surface area contributed by atoms with Gasteiger partial charge in [0.15, 0.2) is 11.4 Å². The smallest absolute Gasteiger partial charge is 0.336 e. The molecule has 2 fully saturated rings. The number of aliphatic hydroxyl groups is 1. The number of carboxylic acids is 1. The van der Waals surface area contributed by atoms with E-state index < -0.39 is 18.1 Å². The monoisotopic (exact) mass is 1050 g/mol. The van der Waals surface area contributed by atoms with Crippen LogP contribution >= 0.6 is 0 Å². The Balaban J connectivity index is 0.993. The molecule has 0 radical (unpaired) electrons. The Morgan fingerprint density at radius 3 is 1.97 bits per heavy atom. The molecule has 25 heteroatoms. The van der Waals surface area contributed by atoms with Gasteiger partial charge >= 0.3 is 5.97 Å². The number of rotatable bonds is 19. The van der Waals surface area contributed by atoms with Crippen molar-refractivity contribution in [2.75, 3.05) is 80.6 Å². The Labute approximate surface area is 442 Å². The minimum Gasteiger partial charge on any atom is -0.508 e. The van der Waals surface area contributed by atoms with Gasteiger partial charge in [0.05, 0.1) is 17.0 Å². The number of amides is 2. The Morgan fingerprint density at radius 1 is 0.766 bits per heavy atom. The van der Waals surface area contributed by atoms with Crippen molar-refractivity contribution in [3.05, 3.63) is 94.2 Å². The first kappa shape index (κ1) is 53.1. The molecule has 0 spiro atoms. The summed E-state index contributed by atoms with van der Waals surface area (Å²) >= 11 is 0. The molecule has 2 saturated heterocycles. The van der Waals surface area contributed by atoms with Gasteiger partial charge in [0.2, 0.25) is 29.7 Å². The number of piperazine rings is 2. The zero-order valence-electron chi connectivity index (χ0n) is 43.4. The number of nitrogens with one attached hydrogen (secondary N) is 1. The van der Waals surface area contributed by atoms with Gasteiger partial charge in [0.25, 0.3) is 0 Å². The molecule has 2 amide bonds. The van der Waals surface area contributed by atoms with E-state index in [2.05, 4.69) is 30.9 Å². The molecule has 2 aromatic carbocycles. The molecular formula is C52H63N17O8. The highest BCUT2D eigenvalue weighted by atomic mass is 16.4. The number of carboxylic acid groups (broad SMARTS) is 1. The fourth-order valence-corrected chi connectivity index (χ4v) is 9.87. The lowest BCUT2D eigenvalue weighted by Gasteiger charge is -2.38. The lowest BCUT2D eigenvalue weighted by molar-refractivity contribution is -0.137. The predicted octanol–water partition coefficient (Wildman–Crippen LogP) is 3.30. The van der Waals surface area contributed by atoms with E-state index in [1.807, 2.05) is 48.6 Å². The van der Waals surface area contributed by atoms with Crippen LogP contribution in [0, 0.1) is 11.8 Å². The number of carbonyl (C=O) groups excluding carboxylic acids is 2. The Hall–Kier alpha value is -8.74. The van der Waals surface area contributed by atoms with E-state index in [4.69, 9.17) is 30.8 Å². The number of hydrogen-bond acceptors (Lipinski definition) is 18. The van der Waals surface area contributed by atoms with Gasteiger partial charge in [0.1, 0.15) is 29.2 Å². The number of aromatic nitrogens is 9. The molecule has 3 aromatic heterocycles. The van der Waals surface area contributed by atoms with Crippen LogP contribution in [0.5, 0.6) is 5.75 Å². The number of anilines is 4. The number of aryl methyl sites for hydroxylation is 1. The molecule has 6 heterocycles. The molecule has 0 unspecified atom stereocenters. The van der Waals surface area contributed by atoms with E-state index in [9.17, 15) is 34.5 Å². The third kappa shape index (κ3) is 11.7. The second-order valence-electron chi connectivity index (χ2n) is 19.7. The van der Waals surface area contributed by atoms with Crippen LogP contribution in [0.2, 0.25) is 0 Å². The predicted molar refractivity (Wildman–Crippen MR) is 286 cm³/mol. The number of hydrogen-bond donors (Lipinski definition) is 6. The van der Waals surface area contributed by atoms with Crippen molar-refractivity contribution < 1.29 is 34.1 Å². The fraction of sp³-hybridized carbons (Fsp3) is 0.423. The third-order valence-corrected chi connectivity index (χ3v) is 14.1. The van der Waals surface area contributed by atoms with Crippen LogP contribution in [-0.4, -0.2) is 159 Å². The highest BCUT2D eigenvalue weighted by Crippen LogP contribution is 2.43. The molecule has 0 saturated carbocycles. The number of nitrogens with zero attached hydrogens (tertiary/aromatic N) is 14. The molecule has 404 valence electrons. The number of guanidine groups is 1. The van der Waals surface area contributed by atoms with Crippen molar-refractivity contribution in [1.82, 2.24) is 54.7 Å². The van der Waals surface area contributed by atoms with Crippen molar-refractivity contribution in [3.8, 4) is 28.2 Å². The zero-order valence-corrected chi connectivity index (χ0v) is 43.4. The van der Waals surface area contributed by atoms with Crippen molar-refractivity contribution in [2.24, 2.45) is 28.3 Å². The van der Waals surface area contributed by atoms with E-state index >= 15 is 0 Å². The van der Waals surface area contributed by atoms with Crippen LogP contribution in [0.15, 0.2) is 81.2 Å². The maximum absolute atomic E-state index is 14.4. The average Bonchev–Trinajstić information content (AvgIpc) is 4.13. The van der Waals surface area contributed by atoms with E-state index in [1.165, 1.54) is 30.3 Å². The maximum Gasteiger partial charge on any atom is 0.336 e. The number of aliphatic imine (C=N–C) groups is 1. The number of fused-ring (bicyclic) bond motifs is 2. The quantitative estimate of drug-likeness (QED) is 0.0293. The second-order valence-corrected chi connectivity index (χ2v) is 19.7. The summed E-state index contributed by atoms with van der Waals surface area (Å²) in [5.41, 5.74) is 13.9. The SMILES string of the molecule is CC[C@H](C)[C@@H](C(=O)N1CCN(c2nc(Nc3ccc(-c4c5ccc(=O)cc-5oc5cc(O)ccc45)c(C(=O)O)c3)nc(N3CCN(C(=O)[C@H](C(C)C)n4cc(CCO)nn4)CC3)n2)CC1)n1cc(CCCN=C(N)N)nn1. The van der Waals surface area contributed by atoms with E-state index in [-0.39, 0.29) is 70.2 Å². The van der Waals surface area contributed by atoms with Gasteiger partial charge in [-0.3, -0.25) is 19.4 Å². The highest BCUT2D eigenvalue weighted by Gasteiger charge is 2.36. The van der Waals surface area contributed by atoms with Gasteiger partial charge in [-0.15, -0.1) is 10.2 Å². The summed E-state index contributed by atoms with van der Waals surface area (Å²) in [5, 5.41) is 51.4. The number of aromatic hydroxyl groups is 1. The highest BCUT2D eigenvalue weighted by molar-refractivity contribution is 6.08. The van der Waals surface area contributed by atoms with Crippen molar-refractivity contribution >= 4 is 58.2 Å². The van der Waals surface area contributed by atoms with Gasteiger partial charge in [-0.05, 0) is 66.6 Å². The molecule has 0 bridgehead atoms. The second kappa shape index (κ2) is 23.0. The van der Waals surface area contributed by atoms with Crippen molar-refractivity contribution in [1.29, 1.82) is 0 Å². The molecule has 3 atom stereocenters. The number of phenols is 1. The minimum absolute atomic E-state index is 0.0259. The van der Waals surface area contributed by atoms with E-state index in [0.29, 0.717) is 124 Å². The van der Waals surface area contributed by atoms with Crippen LogP contribution in [0.1, 0.15) is 74.4 Å². The first-order valence-corrected chi connectivity index (χ1v) is 25.7. The number of aromatic carboxylic acids is 1. The molecule has 5 aromatic rings. The number of nitrogens with two attached hydrogens (primary N) is 2. The molecule has 9 rings (SSSR count). The lowest BCUT2D eigenvalue weighted by atomic mass is 9.90. The first-order valence-electron chi connectivity index (χ1n) is 25.7. The Bertz CT molecular complexity index is 3320. The molecular weight excluding hydrogens is 991 g/mol. The van der Waals surface area contributed by atoms with Gasteiger partial charge in [-0.25, -0.2) is 14.2 Å². The van der Waals surface area contributed by atoms with E-state index in [1.54, 1.807) is 44.7 Å². The number of aliphatic hydroxyl groups excluding tert-OH is 1. The topological polar surface area (TPSA) is 332 Å². The molecule has 4 aliphatic rings. The summed E-state index contributed by atoms with van der Waals surface area (Å²) in [6, 6.07) is 12.5. The first-order chi connectivity index (χ1) is 37.1. The lowest BCUT2D eigenvalue weighted by Crippen LogP contribution is -2.52. The molecule has 77 heavy (non-hydrogen) atoms. The van der Waals surface area contributed by atoms with Crippen LogP contribution in [0.3, 0.4) is 0 Å². The van der Waals surface area contributed by atoms with E-state index in [0.717, 1.165) is 12.1 Å². The molecule has 1 aliphatic carbocycles. The number of phenolic OH excluding ortho intramolecular Hbond substituents is 1. The standard InChI is InChI=1S/C52H63N17O8/c1-5-31(4)45(69-28-33(60-63-69)7-6-15-55-49(53)54)47(74)65-18-22-67(23-19-65)52-58-50(57-51(59-52)66-20-16-64(17-21-66)46(73)44(30(2)3)68-29-34(14-24-70)61-62-68)56-32-8-11-37(40(25-32)48(75)76)43-38-12-9-35(71)26-41(38)77-42-27-36(72)10-13-39(42)43/h8-13,25-31,44-45,70-71H,5-7,14-24H2,1-4H3,(H,75,76)(H4,53,54,55)(H,56,57,58,59)/t31-,44-,45-/m0/s1. The normalized spacial score (nSPS) is 15.2. The number of carbonyl (C=O) groups is 3. The van der Waals surface area contributed by atoms with Gasteiger partial charge < -0.3 is 56.1 Å². The summed E-state index contributed by atoms with van der Waals surface area (Å²) in [5.74, 6) is -0.598. The van der Waals surface area contributed by atoms with Crippen molar-refractivity contribution in [3.63, 3.8) is 0 Å². The van der Waals surface area contributed by atoms with Gasteiger partial charge in [-0.1, -0.05) is 50.6 Å². The molecule has 25 nitrogen and oxygen atoms in total. The Kier molecular flexibility index (Phi) is 15.9. The number of benzene rings is 3. The van der Waals surface area contributed by atoms with Gasteiger partial charge in [0, 0.05) is 119 Å². The summed E-state index contributed by atoms with van der Waals surface area (Å²) in [6.07, 6.45) is 5.84. The third-order valence-electron chi connectivity index (χ3n) is 14.1. The fourth-order valence-electron chi connectivity index (χ4n) is 9.87. The minimum atomic E-state index is -1.23. The van der Waals surface area contributed by atoms with Gasteiger partial charge in [-0.2, -0.15) is 15.0 Å². The van der Waals surface area contributed by atoms with Crippen LogP contribution in [0.25, 0.3) is 33.4 Å². The zero-order chi connectivity index (χ0) is 54.5. The summed E-state index contributed by atoms with van der Waals surface area (Å²) in [7, 11) is 0. The molecule has 8 N–H and O–H groups in total. The summed E-state index contributed by atoms with van der Waals surface area (Å²) in [6.45, 7) is 11.2. The summed E-state index contributed by atoms with van der Waals surface area (Å²) in [4.78, 5) is 80.5. The maximum atomic E-state index is 14.4. The largest absolute Gasteiger partial charge is 0.508 e. The Morgan fingerprint density at radius 2 is 1.38 bits per heavy atom. The van der Waals surface area contributed by atoms with Crippen LogP contribution < -0.4 is 32.0 Å². The van der Waals surface area contributed by atoms with Crippen molar-refractivity contribution in [2.45, 2.75) is 65.5 Å². The molecule has 3 aliphatic heterocycles. The van der Waals surface area contributed by atoms with Crippen LogP contribution in [-0.2, 0) is 22.4 Å². The summed E-state index contributed by atoms with van der Waals surface area (Å²) < 4.78 is 9.25. The average molecular weight is 1050 g/mol.